The first kappa shape index (κ1) is 13.1. The van der Waals surface area contributed by atoms with Crippen molar-refractivity contribution in [2.45, 2.75) is 31.7 Å². The van der Waals surface area contributed by atoms with Crippen LogP contribution in [0.1, 0.15) is 30.3 Å². The van der Waals surface area contributed by atoms with Crippen LogP contribution in [0.2, 0.25) is 0 Å². The first-order valence-corrected chi connectivity index (χ1v) is 8.59. The molecule has 1 saturated heterocycles. The zero-order valence-electron chi connectivity index (χ0n) is 10.9. The van der Waals surface area contributed by atoms with Gasteiger partial charge in [0.2, 0.25) is 0 Å². The topological polar surface area (TPSA) is 34.9 Å². The normalized spacial score (nSPS) is 23.9. The maximum atomic E-state index is 11.5. The van der Waals surface area contributed by atoms with Crippen LogP contribution in [0.3, 0.4) is 0 Å². The van der Waals surface area contributed by atoms with Gasteiger partial charge in [-0.15, -0.1) is 11.6 Å². The molecular weight excluding hydrogens is 280 g/mol. The molecular formula is C14H17ClN2OS. The Hall–Kier alpha value is -0.870. The van der Waals surface area contributed by atoms with E-state index in [0.717, 1.165) is 41.2 Å². The van der Waals surface area contributed by atoms with Gasteiger partial charge in [0.25, 0.3) is 0 Å². The summed E-state index contributed by atoms with van der Waals surface area (Å²) in [5, 5.41) is 0. The summed E-state index contributed by atoms with van der Waals surface area (Å²) in [5.41, 5.74) is 3.40. The molecule has 1 aliphatic rings. The molecule has 0 N–H and O–H groups in total. The summed E-state index contributed by atoms with van der Waals surface area (Å²) in [4.78, 5) is 4.62. The molecule has 0 atom stereocenters. The van der Waals surface area contributed by atoms with E-state index < -0.39 is 10.8 Å². The number of aryl methyl sites for hydroxylation is 1. The molecule has 19 heavy (non-hydrogen) atoms. The minimum absolute atomic E-state index is 0.387. The molecule has 1 aromatic heterocycles. The van der Waals surface area contributed by atoms with E-state index >= 15 is 0 Å². The second-order valence-electron chi connectivity index (χ2n) is 5.10. The maximum Gasteiger partial charge on any atom is 0.125 e. The summed E-state index contributed by atoms with van der Waals surface area (Å²) in [6, 6.07) is 6.69. The third-order valence-electron chi connectivity index (χ3n) is 3.76. The van der Waals surface area contributed by atoms with Crippen molar-refractivity contribution in [1.82, 2.24) is 9.55 Å². The van der Waals surface area contributed by atoms with Crippen LogP contribution in [-0.4, -0.2) is 25.3 Å². The van der Waals surface area contributed by atoms with Crippen LogP contribution in [0.25, 0.3) is 11.0 Å². The van der Waals surface area contributed by atoms with E-state index in [0.29, 0.717) is 11.9 Å². The molecule has 0 radical (unpaired) electrons. The molecule has 102 valence electrons. The van der Waals surface area contributed by atoms with Crippen LogP contribution in [-0.2, 0) is 16.7 Å². The number of aromatic nitrogens is 2. The monoisotopic (exact) mass is 296 g/mol. The van der Waals surface area contributed by atoms with Crippen LogP contribution in [0.5, 0.6) is 0 Å². The van der Waals surface area contributed by atoms with Gasteiger partial charge in [0.15, 0.2) is 0 Å². The fourth-order valence-electron chi connectivity index (χ4n) is 2.79. The Balaban J connectivity index is 2.09. The van der Waals surface area contributed by atoms with Gasteiger partial charge in [0.1, 0.15) is 5.82 Å². The van der Waals surface area contributed by atoms with Gasteiger partial charge in [0, 0.05) is 28.3 Å². The SMILES string of the molecule is Cc1ccc2nc(CCl)n(C3CCS(=O)CC3)c2c1. The summed E-state index contributed by atoms with van der Waals surface area (Å²) < 4.78 is 13.8. The highest BCUT2D eigenvalue weighted by molar-refractivity contribution is 7.85. The number of imidazole rings is 1. The average molecular weight is 297 g/mol. The first-order chi connectivity index (χ1) is 9.19. The second kappa shape index (κ2) is 5.25. The van der Waals surface area contributed by atoms with Gasteiger partial charge in [-0.2, -0.15) is 0 Å². The molecule has 1 aromatic carbocycles. The predicted octanol–water partition coefficient (Wildman–Crippen LogP) is 3.17. The van der Waals surface area contributed by atoms with Crippen LogP contribution in [0.15, 0.2) is 18.2 Å². The highest BCUT2D eigenvalue weighted by Crippen LogP contribution is 2.29. The highest BCUT2D eigenvalue weighted by Gasteiger charge is 2.23. The Morgan fingerprint density at radius 3 is 2.84 bits per heavy atom. The number of hydrogen-bond acceptors (Lipinski definition) is 2. The summed E-state index contributed by atoms with van der Waals surface area (Å²) >= 11 is 6.05. The average Bonchev–Trinajstić information content (AvgIpc) is 2.77. The molecule has 0 unspecified atom stereocenters. The van der Waals surface area contributed by atoms with Crippen molar-refractivity contribution < 1.29 is 4.21 Å². The smallest absolute Gasteiger partial charge is 0.125 e. The minimum Gasteiger partial charge on any atom is -0.324 e. The largest absolute Gasteiger partial charge is 0.324 e. The number of hydrogen-bond donors (Lipinski definition) is 0. The number of fused-ring (bicyclic) bond motifs is 1. The molecule has 0 saturated carbocycles. The number of halogens is 1. The molecule has 0 amide bonds. The van der Waals surface area contributed by atoms with Crippen LogP contribution >= 0.6 is 11.6 Å². The number of nitrogens with zero attached hydrogens (tertiary/aromatic N) is 2. The Kier molecular flexibility index (Phi) is 3.63. The van der Waals surface area contributed by atoms with Crippen molar-refractivity contribution in [3.05, 3.63) is 29.6 Å². The summed E-state index contributed by atoms with van der Waals surface area (Å²) in [7, 11) is -0.636. The standard InChI is InChI=1S/C14H17ClN2OS/c1-10-2-3-12-13(8-10)17(14(9-15)16-12)11-4-6-19(18)7-5-11/h2-3,8,11H,4-7,9H2,1H3. The molecule has 3 rings (SSSR count). The fraction of sp³-hybridized carbons (Fsp3) is 0.500. The van der Waals surface area contributed by atoms with E-state index in [1.54, 1.807) is 0 Å². The highest BCUT2D eigenvalue weighted by atomic mass is 35.5. The minimum atomic E-state index is -0.636. The van der Waals surface area contributed by atoms with Gasteiger partial charge in [-0.25, -0.2) is 4.98 Å². The number of benzene rings is 1. The van der Waals surface area contributed by atoms with Crippen molar-refractivity contribution in [1.29, 1.82) is 0 Å². The quantitative estimate of drug-likeness (QED) is 0.798. The van der Waals surface area contributed by atoms with Crippen LogP contribution in [0, 0.1) is 6.92 Å². The van der Waals surface area contributed by atoms with E-state index in [1.807, 2.05) is 0 Å². The van der Waals surface area contributed by atoms with Crippen molar-refractivity contribution >= 4 is 33.4 Å². The Morgan fingerprint density at radius 1 is 1.42 bits per heavy atom. The lowest BCUT2D eigenvalue weighted by Crippen LogP contribution is -2.22. The third-order valence-corrected chi connectivity index (χ3v) is 5.38. The van der Waals surface area contributed by atoms with E-state index in [-0.39, 0.29) is 0 Å². The molecule has 0 aliphatic carbocycles. The summed E-state index contributed by atoms with van der Waals surface area (Å²) in [6.07, 6.45) is 1.91. The lowest BCUT2D eigenvalue weighted by atomic mass is 10.1. The summed E-state index contributed by atoms with van der Waals surface area (Å²) in [5.74, 6) is 2.93. The zero-order chi connectivity index (χ0) is 13.4. The molecule has 0 spiro atoms. The lowest BCUT2D eigenvalue weighted by Gasteiger charge is -2.25. The predicted molar refractivity (Wildman–Crippen MR) is 80.2 cm³/mol. The molecule has 2 heterocycles. The Labute approximate surface area is 120 Å². The molecule has 5 heteroatoms. The van der Waals surface area contributed by atoms with Gasteiger partial charge in [-0.3, -0.25) is 4.21 Å². The fourth-order valence-corrected chi connectivity index (χ4v) is 4.26. The maximum absolute atomic E-state index is 11.5. The number of rotatable bonds is 2. The van der Waals surface area contributed by atoms with Gasteiger partial charge in [-0.1, -0.05) is 6.07 Å². The van der Waals surface area contributed by atoms with Crippen molar-refractivity contribution in [3.63, 3.8) is 0 Å². The zero-order valence-corrected chi connectivity index (χ0v) is 12.5. The molecule has 0 bridgehead atoms. The van der Waals surface area contributed by atoms with Crippen molar-refractivity contribution in [2.75, 3.05) is 11.5 Å². The molecule has 2 aromatic rings. The lowest BCUT2D eigenvalue weighted by molar-refractivity contribution is 0.462. The van der Waals surface area contributed by atoms with Crippen LogP contribution < -0.4 is 0 Å². The van der Waals surface area contributed by atoms with Gasteiger partial charge in [-0.05, 0) is 37.5 Å². The van der Waals surface area contributed by atoms with E-state index in [9.17, 15) is 4.21 Å². The molecule has 1 aliphatic heterocycles. The van der Waals surface area contributed by atoms with Crippen molar-refractivity contribution in [3.8, 4) is 0 Å². The third kappa shape index (κ3) is 2.43. The molecule has 1 fully saturated rings. The first-order valence-electron chi connectivity index (χ1n) is 6.57. The molecule has 3 nitrogen and oxygen atoms in total. The van der Waals surface area contributed by atoms with Crippen molar-refractivity contribution in [2.24, 2.45) is 0 Å². The van der Waals surface area contributed by atoms with Gasteiger partial charge < -0.3 is 4.57 Å². The van der Waals surface area contributed by atoms with Gasteiger partial charge >= 0.3 is 0 Å². The van der Waals surface area contributed by atoms with E-state index in [2.05, 4.69) is 34.7 Å². The van der Waals surface area contributed by atoms with E-state index in [1.165, 1.54) is 5.56 Å². The Bertz CT molecular complexity index is 628. The van der Waals surface area contributed by atoms with Gasteiger partial charge in [0.05, 0.1) is 16.9 Å². The van der Waals surface area contributed by atoms with E-state index in [4.69, 9.17) is 11.6 Å². The Morgan fingerprint density at radius 2 is 2.16 bits per heavy atom. The number of alkyl halides is 1. The second-order valence-corrected chi connectivity index (χ2v) is 7.07. The van der Waals surface area contributed by atoms with Crippen LogP contribution in [0.4, 0.5) is 0 Å². The summed E-state index contributed by atoms with van der Waals surface area (Å²) in [6.45, 7) is 2.09.